The second kappa shape index (κ2) is 13.0. The highest BCUT2D eigenvalue weighted by atomic mass is 127. The van der Waals surface area contributed by atoms with Crippen molar-refractivity contribution in [2.45, 2.75) is 32.2 Å². The van der Waals surface area contributed by atoms with Crippen molar-refractivity contribution in [3.8, 4) is 0 Å². The van der Waals surface area contributed by atoms with Gasteiger partial charge in [-0.05, 0) is 38.3 Å². The Morgan fingerprint density at radius 1 is 1.00 bits per heavy atom. The molecule has 0 aliphatic carbocycles. The van der Waals surface area contributed by atoms with E-state index in [1.807, 2.05) is 30.1 Å². The van der Waals surface area contributed by atoms with Crippen molar-refractivity contribution in [3.63, 3.8) is 0 Å². The minimum absolute atomic E-state index is 0. The summed E-state index contributed by atoms with van der Waals surface area (Å²) >= 11 is 0. The molecule has 0 aromatic heterocycles. The molecule has 2 saturated heterocycles. The first-order chi connectivity index (χ1) is 14.2. The standard InChI is InChI=1S/C22H36N6O.HI/c1-19(21(29)27-13-6-7-14-27)26-15-17-28(18-16-26)22(23-2)25-12-8-11-24-20-9-4-3-5-10-20;/h3-5,9-10,19,24H,6-8,11-18H2,1-2H3,(H,23,25);1H. The molecule has 1 aromatic carbocycles. The van der Waals surface area contributed by atoms with Crippen molar-refractivity contribution in [1.82, 2.24) is 20.0 Å². The highest BCUT2D eigenvalue weighted by Crippen LogP contribution is 2.14. The number of hydrogen-bond donors (Lipinski definition) is 2. The molecule has 168 valence electrons. The maximum absolute atomic E-state index is 12.7. The van der Waals surface area contributed by atoms with Crippen LogP contribution in [0.15, 0.2) is 35.3 Å². The summed E-state index contributed by atoms with van der Waals surface area (Å²) in [6.07, 6.45) is 3.32. The van der Waals surface area contributed by atoms with Gasteiger partial charge in [-0.2, -0.15) is 0 Å². The number of benzene rings is 1. The van der Waals surface area contributed by atoms with E-state index in [0.717, 1.165) is 83.3 Å². The van der Waals surface area contributed by atoms with Gasteiger partial charge in [-0.15, -0.1) is 24.0 Å². The van der Waals surface area contributed by atoms with E-state index in [1.54, 1.807) is 0 Å². The number of amides is 1. The largest absolute Gasteiger partial charge is 0.385 e. The van der Waals surface area contributed by atoms with Gasteiger partial charge in [0.2, 0.25) is 5.91 Å². The van der Waals surface area contributed by atoms with Crippen molar-refractivity contribution >= 4 is 41.5 Å². The van der Waals surface area contributed by atoms with Crippen molar-refractivity contribution in [1.29, 1.82) is 0 Å². The third kappa shape index (κ3) is 7.01. The Labute approximate surface area is 198 Å². The van der Waals surface area contributed by atoms with Crippen LogP contribution in [0.1, 0.15) is 26.2 Å². The first-order valence-electron chi connectivity index (χ1n) is 11.0. The number of guanidine groups is 1. The molecule has 0 radical (unpaired) electrons. The topological polar surface area (TPSA) is 63.2 Å². The van der Waals surface area contributed by atoms with Crippen LogP contribution in [0.5, 0.6) is 0 Å². The molecule has 2 N–H and O–H groups in total. The summed E-state index contributed by atoms with van der Waals surface area (Å²) in [5.74, 6) is 1.26. The SMILES string of the molecule is CN=C(NCCCNc1ccccc1)N1CCN(C(C)C(=O)N2CCCC2)CC1.I. The zero-order valence-corrected chi connectivity index (χ0v) is 20.7. The molecule has 1 unspecified atom stereocenters. The number of carbonyl (C=O) groups excluding carboxylic acids is 1. The fourth-order valence-electron chi connectivity index (χ4n) is 4.09. The third-order valence-corrected chi connectivity index (χ3v) is 5.89. The number of nitrogens with zero attached hydrogens (tertiary/aromatic N) is 4. The van der Waals surface area contributed by atoms with Gasteiger partial charge >= 0.3 is 0 Å². The monoisotopic (exact) mass is 528 g/mol. The molecule has 2 aliphatic rings. The summed E-state index contributed by atoms with van der Waals surface area (Å²) < 4.78 is 0. The third-order valence-electron chi connectivity index (χ3n) is 5.89. The van der Waals surface area contributed by atoms with E-state index in [-0.39, 0.29) is 30.0 Å². The maximum atomic E-state index is 12.7. The molecule has 2 heterocycles. The molecule has 3 rings (SSSR count). The molecule has 2 aliphatic heterocycles. The average molecular weight is 528 g/mol. The Hall–Kier alpha value is -1.55. The molecule has 1 atom stereocenters. The molecule has 0 spiro atoms. The number of aliphatic imine (C=N–C) groups is 1. The Bertz CT molecular complexity index is 657. The Morgan fingerprint density at radius 3 is 2.30 bits per heavy atom. The molecule has 1 amide bonds. The number of carbonyl (C=O) groups is 1. The van der Waals surface area contributed by atoms with Crippen molar-refractivity contribution in [2.24, 2.45) is 4.99 Å². The Morgan fingerprint density at radius 2 is 1.67 bits per heavy atom. The number of likely N-dealkylation sites (tertiary alicyclic amines) is 1. The van der Waals surface area contributed by atoms with Crippen LogP contribution >= 0.6 is 24.0 Å². The lowest BCUT2D eigenvalue weighted by Crippen LogP contribution is -2.57. The van der Waals surface area contributed by atoms with E-state index in [9.17, 15) is 4.79 Å². The Balaban J connectivity index is 0.00000320. The number of halogens is 1. The second-order valence-electron chi connectivity index (χ2n) is 7.85. The van der Waals surface area contributed by atoms with Gasteiger partial charge in [0.05, 0.1) is 6.04 Å². The molecule has 0 bridgehead atoms. The van der Waals surface area contributed by atoms with Gasteiger partial charge in [-0.25, -0.2) is 0 Å². The number of nitrogens with one attached hydrogen (secondary N) is 2. The summed E-state index contributed by atoms with van der Waals surface area (Å²) in [5.41, 5.74) is 1.16. The van der Waals surface area contributed by atoms with Crippen LogP contribution in [0.2, 0.25) is 0 Å². The zero-order valence-electron chi connectivity index (χ0n) is 18.3. The van der Waals surface area contributed by atoms with Gasteiger partial charge in [0.25, 0.3) is 0 Å². The number of anilines is 1. The molecule has 7 nitrogen and oxygen atoms in total. The molecule has 30 heavy (non-hydrogen) atoms. The van der Waals surface area contributed by atoms with E-state index in [1.165, 1.54) is 0 Å². The molecular formula is C22H37IN6O. The fraction of sp³-hybridized carbons (Fsp3) is 0.636. The van der Waals surface area contributed by atoms with Gasteiger partial charge in [0.1, 0.15) is 0 Å². The smallest absolute Gasteiger partial charge is 0.239 e. The second-order valence-corrected chi connectivity index (χ2v) is 7.85. The minimum atomic E-state index is -0.0192. The number of hydrogen-bond acceptors (Lipinski definition) is 4. The molecule has 8 heteroatoms. The van der Waals surface area contributed by atoms with Crippen LogP contribution in [0.3, 0.4) is 0 Å². The number of para-hydroxylation sites is 1. The first kappa shape index (κ1) is 24.7. The minimum Gasteiger partial charge on any atom is -0.385 e. The predicted octanol–water partition coefficient (Wildman–Crippen LogP) is 2.31. The Kier molecular flexibility index (Phi) is 10.7. The van der Waals surface area contributed by atoms with Crippen LogP contribution in [0.25, 0.3) is 0 Å². The van der Waals surface area contributed by atoms with Gasteiger partial charge < -0.3 is 20.4 Å². The summed E-state index contributed by atoms with van der Waals surface area (Å²) in [6, 6.07) is 10.3. The lowest BCUT2D eigenvalue weighted by atomic mass is 10.2. The van der Waals surface area contributed by atoms with Crippen LogP contribution in [0, 0.1) is 0 Å². The van der Waals surface area contributed by atoms with Gasteiger partial charge in [-0.1, -0.05) is 18.2 Å². The van der Waals surface area contributed by atoms with Crippen molar-refractivity contribution in [3.05, 3.63) is 30.3 Å². The van der Waals surface area contributed by atoms with Gasteiger partial charge in [-0.3, -0.25) is 14.7 Å². The van der Waals surface area contributed by atoms with E-state index in [0.29, 0.717) is 5.91 Å². The quantitative estimate of drug-likeness (QED) is 0.246. The fourth-order valence-corrected chi connectivity index (χ4v) is 4.09. The summed E-state index contributed by atoms with van der Waals surface area (Å²) in [5, 5.41) is 6.91. The molecule has 0 saturated carbocycles. The van der Waals surface area contributed by atoms with E-state index >= 15 is 0 Å². The predicted molar refractivity (Wildman–Crippen MR) is 135 cm³/mol. The molecule has 1 aromatic rings. The van der Waals surface area contributed by atoms with Crippen molar-refractivity contribution in [2.75, 3.05) is 64.7 Å². The number of rotatable bonds is 7. The van der Waals surface area contributed by atoms with Crippen LogP contribution in [-0.4, -0.2) is 92.0 Å². The van der Waals surface area contributed by atoms with Crippen molar-refractivity contribution < 1.29 is 4.79 Å². The summed E-state index contributed by atoms with van der Waals surface area (Å²) in [4.78, 5) is 23.7. The van der Waals surface area contributed by atoms with Gasteiger partial charge in [0, 0.05) is 65.1 Å². The normalized spacial score (nSPS) is 18.7. The summed E-state index contributed by atoms with van der Waals surface area (Å²) in [6.45, 7) is 9.34. The average Bonchev–Trinajstić information content (AvgIpc) is 3.31. The lowest BCUT2D eigenvalue weighted by Gasteiger charge is -2.39. The molecule has 2 fully saturated rings. The van der Waals surface area contributed by atoms with Gasteiger partial charge in [0.15, 0.2) is 5.96 Å². The van der Waals surface area contributed by atoms with Crippen LogP contribution in [0.4, 0.5) is 5.69 Å². The highest BCUT2D eigenvalue weighted by molar-refractivity contribution is 14.0. The lowest BCUT2D eigenvalue weighted by molar-refractivity contribution is -0.135. The molecular weight excluding hydrogens is 491 g/mol. The van der Waals surface area contributed by atoms with Crippen LogP contribution < -0.4 is 10.6 Å². The zero-order chi connectivity index (χ0) is 20.5. The highest BCUT2D eigenvalue weighted by Gasteiger charge is 2.30. The number of piperazine rings is 1. The van der Waals surface area contributed by atoms with E-state index < -0.39 is 0 Å². The first-order valence-corrected chi connectivity index (χ1v) is 11.0. The van der Waals surface area contributed by atoms with E-state index in [2.05, 4.69) is 44.5 Å². The maximum Gasteiger partial charge on any atom is 0.239 e. The summed E-state index contributed by atoms with van der Waals surface area (Å²) in [7, 11) is 1.84. The van der Waals surface area contributed by atoms with Crippen LogP contribution in [-0.2, 0) is 4.79 Å². The van der Waals surface area contributed by atoms with E-state index in [4.69, 9.17) is 0 Å².